The molecule has 0 saturated heterocycles. The highest BCUT2D eigenvalue weighted by atomic mass is 79.9. The number of hydrogen-bond acceptors (Lipinski definition) is 7. The van der Waals surface area contributed by atoms with Gasteiger partial charge < -0.3 is 10.2 Å². The van der Waals surface area contributed by atoms with E-state index < -0.39 is 0 Å². The minimum Gasteiger partial charge on any atom is -0.467 e. The minimum absolute atomic E-state index is 0.254. The lowest BCUT2D eigenvalue weighted by Crippen LogP contribution is -2.36. The predicted molar refractivity (Wildman–Crippen MR) is 148 cm³/mol. The normalized spacial score (nSPS) is 17.5. The lowest BCUT2D eigenvalue weighted by atomic mass is 9.96. The molecule has 0 bridgehead atoms. The summed E-state index contributed by atoms with van der Waals surface area (Å²) in [4.78, 5) is 9.54. The van der Waals surface area contributed by atoms with E-state index in [0.717, 1.165) is 32.9 Å². The molecule has 0 amide bonds. The van der Waals surface area contributed by atoms with Crippen molar-refractivity contribution in [2.75, 3.05) is 13.1 Å². The van der Waals surface area contributed by atoms with Gasteiger partial charge in [-0.05, 0) is 36.4 Å². The first-order valence-corrected chi connectivity index (χ1v) is 12.9. The lowest BCUT2D eigenvalue weighted by Gasteiger charge is -2.30. The molecule has 1 aromatic heterocycles. The fourth-order valence-corrected chi connectivity index (χ4v) is 4.55. The van der Waals surface area contributed by atoms with Crippen LogP contribution in [0.3, 0.4) is 0 Å². The number of aliphatic imine (C=N–C) groups is 1. The number of rotatable bonds is 5. The van der Waals surface area contributed by atoms with Crippen molar-refractivity contribution in [1.82, 2.24) is 20.0 Å². The van der Waals surface area contributed by atoms with Crippen LogP contribution in [-0.2, 0) is 11.3 Å². The van der Waals surface area contributed by atoms with Crippen LogP contribution in [-0.4, -0.2) is 46.1 Å². The Morgan fingerprint density at radius 3 is 2.61 bits per heavy atom. The van der Waals surface area contributed by atoms with Crippen LogP contribution in [0.2, 0.25) is 5.02 Å². The van der Waals surface area contributed by atoms with Crippen molar-refractivity contribution in [3.05, 3.63) is 69.4 Å². The monoisotopic (exact) mass is 567 g/mol. The van der Waals surface area contributed by atoms with Crippen LogP contribution in [0, 0.1) is 5.41 Å². The van der Waals surface area contributed by atoms with E-state index in [2.05, 4.69) is 74.0 Å². The maximum atomic E-state index is 6.69. The molecule has 0 spiro atoms. The van der Waals surface area contributed by atoms with Crippen LogP contribution >= 0.6 is 27.5 Å². The van der Waals surface area contributed by atoms with Crippen molar-refractivity contribution >= 4 is 46.0 Å². The molecule has 1 N–H and O–H groups in total. The van der Waals surface area contributed by atoms with Gasteiger partial charge in [-0.2, -0.15) is 5.10 Å². The first-order valence-electron chi connectivity index (χ1n) is 11.7. The van der Waals surface area contributed by atoms with E-state index in [1.165, 1.54) is 0 Å². The third-order valence-electron chi connectivity index (χ3n) is 5.80. The maximum Gasteiger partial charge on any atom is 0.211 e. The summed E-state index contributed by atoms with van der Waals surface area (Å²) in [5, 5.41) is 11.4. The number of hydrogen-bond donors (Lipinski definition) is 1. The van der Waals surface area contributed by atoms with Crippen molar-refractivity contribution in [1.29, 1.82) is 0 Å². The molecule has 186 valence electrons. The zero-order valence-corrected chi connectivity index (χ0v) is 22.7. The first kappa shape index (κ1) is 24.5. The van der Waals surface area contributed by atoms with E-state index in [4.69, 9.17) is 21.3 Å². The SMILES string of the molecule is CC(C)(C)C1=NNCC(c2nc(-c3ccccc3Cl)n(-c3ccc(Br)cc3)c2CN2C=NCC=N2)O1. The smallest absolute Gasteiger partial charge is 0.211 e. The van der Waals surface area contributed by atoms with E-state index >= 15 is 0 Å². The summed E-state index contributed by atoms with van der Waals surface area (Å²) >= 11 is 10.2. The van der Waals surface area contributed by atoms with Gasteiger partial charge in [0.25, 0.3) is 0 Å². The predicted octanol–water partition coefficient (Wildman–Crippen LogP) is 5.81. The van der Waals surface area contributed by atoms with Gasteiger partial charge >= 0.3 is 0 Å². The molecule has 36 heavy (non-hydrogen) atoms. The Labute approximate surface area is 223 Å². The zero-order valence-electron chi connectivity index (χ0n) is 20.3. The number of nitrogens with one attached hydrogen (secondary N) is 1. The van der Waals surface area contributed by atoms with Gasteiger partial charge in [0.1, 0.15) is 17.9 Å². The minimum atomic E-state index is -0.352. The van der Waals surface area contributed by atoms with Gasteiger partial charge in [-0.25, -0.2) is 9.99 Å². The summed E-state index contributed by atoms with van der Waals surface area (Å²) < 4.78 is 9.56. The van der Waals surface area contributed by atoms with Crippen LogP contribution in [0.1, 0.15) is 38.3 Å². The number of ether oxygens (including phenoxy) is 1. The second-order valence-electron chi connectivity index (χ2n) is 9.57. The molecule has 0 radical (unpaired) electrons. The van der Waals surface area contributed by atoms with E-state index in [-0.39, 0.29) is 11.5 Å². The molecule has 5 rings (SSSR count). The molecule has 3 aromatic rings. The molecule has 2 aromatic carbocycles. The number of hydrazone groups is 2. The topological polar surface area (TPSA) is 79.4 Å². The molecular weight excluding hydrogens is 542 g/mol. The van der Waals surface area contributed by atoms with Crippen LogP contribution < -0.4 is 5.43 Å². The Morgan fingerprint density at radius 2 is 1.92 bits per heavy atom. The van der Waals surface area contributed by atoms with Crippen molar-refractivity contribution in [2.45, 2.75) is 33.4 Å². The number of aromatic nitrogens is 2. The van der Waals surface area contributed by atoms with Gasteiger partial charge in [-0.15, -0.1) is 5.10 Å². The summed E-state index contributed by atoms with van der Waals surface area (Å²) in [6.07, 6.45) is 3.19. The molecule has 1 atom stereocenters. The summed E-state index contributed by atoms with van der Waals surface area (Å²) in [6, 6.07) is 15.9. The molecule has 2 aliphatic heterocycles. The summed E-state index contributed by atoms with van der Waals surface area (Å²) in [5.41, 5.74) is 6.42. The van der Waals surface area contributed by atoms with Crippen molar-refractivity contribution in [3.63, 3.8) is 0 Å². The fraction of sp³-hybridized carbons (Fsp3) is 0.308. The number of benzene rings is 2. The van der Waals surface area contributed by atoms with Crippen molar-refractivity contribution in [3.8, 4) is 17.1 Å². The molecule has 0 aliphatic carbocycles. The molecular formula is C26H27BrClN7O. The highest BCUT2D eigenvalue weighted by Gasteiger charge is 2.34. The molecule has 0 fully saturated rings. The average molecular weight is 569 g/mol. The molecule has 0 saturated carbocycles. The van der Waals surface area contributed by atoms with Crippen LogP contribution in [0.25, 0.3) is 17.1 Å². The standard InChI is InChI=1S/C26H27BrClN7O/c1-26(2,3)25-33-30-14-22(36-25)23-21(15-34-16-29-12-13-31-34)35(18-10-8-17(27)9-11-18)24(32-23)19-6-4-5-7-20(19)28/h4-11,13,16,22,30H,12,14-15H2,1-3H3. The number of halogens is 2. The highest BCUT2D eigenvalue weighted by molar-refractivity contribution is 9.10. The first-order chi connectivity index (χ1) is 17.3. The van der Waals surface area contributed by atoms with E-state index in [9.17, 15) is 0 Å². The molecule has 1 unspecified atom stereocenters. The van der Waals surface area contributed by atoms with Crippen LogP contribution in [0.15, 0.2) is 68.2 Å². The summed E-state index contributed by atoms with van der Waals surface area (Å²) in [7, 11) is 0. The molecule has 2 aliphatic rings. The van der Waals surface area contributed by atoms with E-state index in [1.54, 1.807) is 12.6 Å². The zero-order chi connectivity index (χ0) is 25.3. The second kappa shape index (κ2) is 10.1. The second-order valence-corrected chi connectivity index (χ2v) is 10.9. The number of imidazole rings is 1. The summed E-state index contributed by atoms with van der Waals surface area (Å²) in [5.74, 6) is 1.37. The van der Waals surface area contributed by atoms with Crippen LogP contribution in [0.4, 0.5) is 0 Å². The Balaban J connectivity index is 1.71. The highest BCUT2D eigenvalue weighted by Crippen LogP contribution is 2.36. The Kier molecular flexibility index (Phi) is 6.85. The van der Waals surface area contributed by atoms with Gasteiger partial charge in [-0.1, -0.05) is 60.4 Å². The average Bonchev–Trinajstić information content (AvgIpc) is 3.24. The Bertz CT molecular complexity index is 1330. The van der Waals surface area contributed by atoms with Gasteiger partial charge in [0.2, 0.25) is 5.90 Å². The molecule has 3 heterocycles. The third-order valence-corrected chi connectivity index (χ3v) is 6.66. The Morgan fingerprint density at radius 1 is 1.14 bits per heavy atom. The van der Waals surface area contributed by atoms with E-state index in [1.807, 2.05) is 41.4 Å². The summed E-state index contributed by atoms with van der Waals surface area (Å²) in [6.45, 7) is 7.73. The van der Waals surface area contributed by atoms with Gasteiger partial charge in [0.15, 0.2) is 6.10 Å². The van der Waals surface area contributed by atoms with Crippen LogP contribution in [0.5, 0.6) is 0 Å². The maximum absolute atomic E-state index is 6.69. The Hall–Kier alpha value is -3.17. The van der Waals surface area contributed by atoms with Gasteiger partial charge in [-0.3, -0.25) is 9.56 Å². The van der Waals surface area contributed by atoms with Crippen molar-refractivity contribution < 1.29 is 4.74 Å². The van der Waals surface area contributed by atoms with Gasteiger partial charge in [0, 0.05) is 27.4 Å². The third kappa shape index (κ3) is 5.03. The largest absolute Gasteiger partial charge is 0.467 e. The van der Waals surface area contributed by atoms with E-state index in [0.29, 0.717) is 30.6 Å². The number of nitrogens with zero attached hydrogens (tertiary/aromatic N) is 6. The van der Waals surface area contributed by atoms with Crippen molar-refractivity contribution in [2.24, 2.45) is 20.6 Å². The quantitative estimate of drug-likeness (QED) is 0.422. The fourth-order valence-electron chi connectivity index (χ4n) is 4.07. The lowest BCUT2D eigenvalue weighted by molar-refractivity contribution is 0.138. The molecule has 8 nitrogen and oxygen atoms in total. The van der Waals surface area contributed by atoms with Gasteiger partial charge in [0.05, 0.1) is 30.4 Å². The molecule has 10 heteroatoms.